The van der Waals surface area contributed by atoms with Crippen molar-refractivity contribution in [3.05, 3.63) is 30.0 Å². The second-order valence-electron chi connectivity index (χ2n) is 4.69. The first-order chi connectivity index (χ1) is 9.44. The molecule has 0 spiro atoms. The summed E-state index contributed by atoms with van der Waals surface area (Å²) in [7, 11) is -3.62. The highest BCUT2D eigenvalue weighted by molar-refractivity contribution is 7.89. The van der Waals surface area contributed by atoms with Crippen LogP contribution in [-0.4, -0.2) is 28.2 Å². The Hall–Kier alpha value is -1.67. The molecule has 110 valence electrons. The minimum atomic E-state index is -3.62. The van der Waals surface area contributed by atoms with Crippen molar-refractivity contribution < 1.29 is 8.42 Å². The fraction of sp³-hybridized carbons (Fsp3) is 0.500. The van der Waals surface area contributed by atoms with Gasteiger partial charge in [-0.05, 0) is 26.3 Å². The van der Waals surface area contributed by atoms with E-state index in [0.717, 1.165) is 12.1 Å². The number of aromatic amines is 1. The van der Waals surface area contributed by atoms with Crippen molar-refractivity contribution in [2.24, 2.45) is 0 Å². The van der Waals surface area contributed by atoms with Crippen LogP contribution in [-0.2, 0) is 16.6 Å². The maximum absolute atomic E-state index is 12.4. The molecule has 2 heterocycles. The Morgan fingerprint density at radius 3 is 2.85 bits per heavy atom. The molecule has 0 aliphatic heterocycles. The van der Waals surface area contributed by atoms with Crippen LogP contribution in [0.1, 0.15) is 37.8 Å². The zero-order chi connectivity index (χ0) is 14.8. The monoisotopic (exact) mass is 297 g/mol. The van der Waals surface area contributed by atoms with E-state index in [4.69, 9.17) is 0 Å². The van der Waals surface area contributed by atoms with Crippen LogP contribution in [0.4, 0.5) is 0 Å². The zero-order valence-corrected chi connectivity index (χ0v) is 12.6. The third-order valence-electron chi connectivity index (χ3n) is 2.85. The minimum absolute atomic E-state index is 0.175. The summed E-state index contributed by atoms with van der Waals surface area (Å²) in [5.74, 6) is 0.590. The molecule has 8 heteroatoms. The highest BCUT2D eigenvalue weighted by Crippen LogP contribution is 2.14. The standard InChI is InChI=1S/C12H19N5O2S/c1-4-7-17-11(5-6-14-17)20(18,19)16-10(3)12-13-8-9(2)15-12/h5-6,8,10,16H,4,7H2,1-3H3,(H,13,15)/t10-/m0/s1. The summed E-state index contributed by atoms with van der Waals surface area (Å²) in [6, 6.07) is 1.07. The van der Waals surface area contributed by atoms with Gasteiger partial charge in [-0.15, -0.1) is 0 Å². The predicted molar refractivity (Wildman–Crippen MR) is 74.6 cm³/mol. The smallest absolute Gasteiger partial charge is 0.258 e. The average Bonchev–Trinajstić information content (AvgIpc) is 2.98. The highest BCUT2D eigenvalue weighted by Gasteiger charge is 2.23. The fourth-order valence-corrected chi connectivity index (χ4v) is 3.28. The van der Waals surface area contributed by atoms with Crippen molar-refractivity contribution >= 4 is 10.0 Å². The largest absolute Gasteiger partial charge is 0.345 e. The third-order valence-corrected chi connectivity index (χ3v) is 4.41. The Balaban J connectivity index is 2.20. The molecule has 1 atom stereocenters. The van der Waals surface area contributed by atoms with E-state index in [1.807, 2.05) is 13.8 Å². The molecule has 0 unspecified atom stereocenters. The van der Waals surface area contributed by atoms with Crippen molar-refractivity contribution in [1.82, 2.24) is 24.5 Å². The number of H-pyrrole nitrogens is 1. The number of aromatic nitrogens is 4. The van der Waals surface area contributed by atoms with Gasteiger partial charge in [0.05, 0.1) is 12.2 Å². The molecule has 0 aliphatic rings. The number of hydrogen-bond acceptors (Lipinski definition) is 4. The lowest BCUT2D eigenvalue weighted by Crippen LogP contribution is -2.29. The molecule has 0 saturated carbocycles. The van der Waals surface area contributed by atoms with Gasteiger partial charge in [0.15, 0.2) is 5.03 Å². The molecular formula is C12H19N5O2S. The fourth-order valence-electron chi connectivity index (χ4n) is 1.93. The molecule has 0 radical (unpaired) electrons. The number of nitrogens with zero attached hydrogens (tertiary/aromatic N) is 3. The SMILES string of the molecule is CCCn1nccc1S(=O)(=O)N[C@@H](C)c1ncc(C)[nH]1. The molecule has 7 nitrogen and oxygen atoms in total. The van der Waals surface area contributed by atoms with Crippen molar-refractivity contribution in [1.29, 1.82) is 0 Å². The van der Waals surface area contributed by atoms with Crippen molar-refractivity contribution in [3.63, 3.8) is 0 Å². The minimum Gasteiger partial charge on any atom is -0.345 e. The lowest BCUT2D eigenvalue weighted by atomic mass is 10.3. The van der Waals surface area contributed by atoms with Crippen LogP contribution in [0.3, 0.4) is 0 Å². The van der Waals surface area contributed by atoms with E-state index in [-0.39, 0.29) is 5.03 Å². The predicted octanol–water partition coefficient (Wildman–Crippen LogP) is 1.36. The first kappa shape index (κ1) is 14.7. The summed E-state index contributed by atoms with van der Waals surface area (Å²) >= 11 is 0. The molecule has 0 amide bonds. The highest BCUT2D eigenvalue weighted by atomic mass is 32.2. The molecule has 0 bridgehead atoms. The van der Waals surface area contributed by atoms with Crippen LogP contribution in [0.5, 0.6) is 0 Å². The molecular weight excluding hydrogens is 278 g/mol. The molecule has 2 aromatic rings. The first-order valence-electron chi connectivity index (χ1n) is 6.49. The zero-order valence-electron chi connectivity index (χ0n) is 11.8. The quantitative estimate of drug-likeness (QED) is 0.842. The number of sulfonamides is 1. The molecule has 0 saturated heterocycles. The van der Waals surface area contributed by atoms with Gasteiger partial charge in [0.1, 0.15) is 5.82 Å². The number of aryl methyl sites for hydroxylation is 2. The van der Waals surface area contributed by atoms with E-state index >= 15 is 0 Å². The Morgan fingerprint density at radius 2 is 2.25 bits per heavy atom. The lowest BCUT2D eigenvalue weighted by molar-refractivity contribution is 0.515. The van der Waals surface area contributed by atoms with Crippen LogP contribution in [0.25, 0.3) is 0 Å². The Labute approximate surface area is 118 Å². The van der Waals surface area contributed by atoms with Gasteiger partial charge in [-0.1, -0.05) is 6.92 Å². The lowest BCUT2D eigenvalue weighted by Gasteiger charge is -2.13. The third kappa shape index (κ3) is 3.07. The van der Waals surface area contributed by atoms with Gasteiger partial charge in [0, 0.05) is 18.4 Å². The van der Waals surface area contributed by atoms with Gasteiger partial charge in [-0.25, -0.2) is 13.4 Å². The summed E-state index contributed by atoms with van der Waals surface area (Å²) in [5, 5.41) is 4.21. The molecule has 0 aromatic carbocycles. The van der Waals surface area contributed by atoms with Crippen LogP contribution in [0, 0.1) is 6.92 Å². The van der Waals surface area contributed by atoms with Crippen molar-refractivity contribution in [2.75, 3.05) is 0 Å². The van der Waals surface area contributed by atoms with Gasteiger partial charge < -0.3 is 4.98 Å². The number of imidazole rings is 1. The van der Waals surface area contributed by atoms with E-state index < -0.39 is 16.1 Å². The van der Waals surface area contributed by atoms with E-state index in [1.54, 1.807) is 13.1 Å². The van der Waals surface area contributed by atoms with Gasteiger partial charge in [0.25, 0.3) is 10.0 Å². The second-order valence-corrected chi connectivity index (χ2v) is 6.35. The Kier molecular flexibility index (Phi) is 4.24. The Morgan fingerprint density at radius 1 is 1.50 bits per heavy atom. The molecule has 0 aliphatic carbocycles. The first-order valence-corrected chi connectivity index (χ1v) is 7.98. The van der Waals surface area contributed by atoms with Crippen LogP contribution >= 0.6 is 0 Å². The van der Waals surface area contributed by atoms with Crippen LogP contribution in [0.15, 0.2) is 23.5 Å². The van der Waals surface area contributed by atoms with E-state index in [0.29, 0.717) is 12.4 Å². The van der Waals surface area contributed by atoms with E-state index in [1.165, 1.54) is 16.9 Å². The summed E-state index contributed by atoms with van der Waals surface area (Å²) in [6.45, 7) is 6.15. The van der Waals surface area contributed by atoms with Crippen molar-refractivity contribution in [2.45, 2.75) is 44.8 Å². The van der Waals surface area contributed by atoms with Gasteiger partial charge >= 0.3 is 0 Å². The van der Waals surface area contributed by atoms with Crippen LogP contribution in [0.2, 0.25) is 0 Å². The Bertz CT molecular complexity index is 674. The molecule has 2 rings (SSSR count). The molecule has 0 fully saturated rings. The summed E-state index contributed by atoms with van der Waals surface area (Å²) in [4.78, 5) is 7.16. The second kappa shape index (κ2) is 5.76. The van der Waals surface area contributed by atoms with Gasteiger partial charge in [-0.2, -0.15) is 9.82 Å². The maximum atomic E-state index is 12.4. The summed E-state index contributed by atoms with van der Waals surface area (Å²) < 4.78 is 28.8. The summed E-state index contributed by atoms with van der Waals surface area (Å²) in [6.07, 6.45) is 3.98. The topological polar surface area (TPSA) is 92.7 Å². The number of hydrogen-bond donors (Lipinski definition) is 2. The van der Waals surface area contributed by atoms with E-state index in [9.17, 15) is 8.42 Å². The number of nitrogens with one attached hydrogen (secondary N) is 2. The van der Waals surface area contributed by atoms with Gasteiger partial charge in [0.2, 0.25) is 0 Å². The van der Waals surface area contributed by atoms with Gasteiger partial charge in [-0.3, -0.25) is 4.68 Å². The maximum Gasteiger partial charge on any atom is 0.258 e. The van der Waals surface area contributed by atoms with Crippen molar-refractivity contribution in [3.8, 4) is 0 Å². The van der Waals surface area contributed by atoms with Crippen LogP contribution < -0.4 is 4.72 Å². The average molecular weight is 297 g/mol. The molecule has 2 aromatic heterocycles. The van der Waals surface area contributed by atoms with E-state index in [2.05, 4.69) is 19.8 Å². The molecule has 2 N–H and O–H groups in total. The number of rotatable bonds is 6. The molecule has 20 heavy (non-hydrogen) atoms. The normalized spacial score (nSPS) is 13.6. The summed E-state index contributed by atoms with van der Waals surface area (Å²) in [5.41, 5.74) is 0.891.